The van der Waals surface area contributed by atoms with E-state index in [1.807, 2.05) is 31.3 Å². The zero-order valence-electron chi connectivity index (χ0n) is 12.3. The van der Waals surface area contributed by atoms with Crippen molar-refractivity contribution < 1.29 is 9.90 Å². The van der Waals surface area contributed by atoms with Crippen LogP contribution >= 0.6 is 0 Å². The van der Waals surface area contributed by atoms with Gasteiger partial charge < -0.3 is 14.9 Å². The number of aliphatic hydroxyl groups is 1. The number of hydrogen-bond acceptors (Lipinski definition) is 3. The molecule has 0 spiro atoms. The van der Waals surface area contributed by atoms with E-state index in [0.29, 0.717) is 5.56 Å². The van der Waals surface area contributed by atoms with Crippen LogP contribution in [0.25, 0.3) is 0 Å². The summed E-state index contributed by atoms with van der Waals surface area (Å²) in [6.45, 7) is 3.48. The molecular weight excluding hydrogens is 240 g/mol. The fourth-order valence-corrected chi connectivity index (χ4v) is 1.81. The van der Waals surface area contributed by atoms with Gasteiger partial charge in [0.05, 0.1) is 6.10 Å². The molecule has 1 atom stereocenters. The summed E-state index contributed by atoms with van der Waals surface area (Å²) in [6, 6.07) is 7.69. The first-order valence-corrected chi connectivity index (χ1v) is 6.57. The van der Waals surface area contributed by atoms with Crippen molar-refractivity contribution >= 4 is 5.91 Å². The molecule has 0 radical (unpaired) electrons. The first-order chi connectivity index (χ1) is 8.90. The predicted octanol–water partition coefficient (Wildman–Crippen LogP) is 1.59. The number of benzene rings is 1. The standard InChI is InChI=1S/C15H24N2O2/c1-12(18)9-10-17(4)11-13-5-7-14(8-6-13)15(19)16(2)3/h5-8,12,18H,9-11H2,1-4H3. The fraction of sp³-hybridized carbons (Fsp3) is 0.533. The second kappa shape index (κ2) is 7.26. The quantitative estimate of drug-likeness (QED) is 0.848. The van der Waals surface area contributed by atoms with Gasteiger partial charge in [-0.15, -0.1) is 0 Å². The minimum atomic E-state index is -0.262. The molecule has 1 N–H and O–H groups in total. The van der Waals surface area contributed by atoms with Gasteiger partial charge in [-0.2, -0.15) is 0 Å². The topological polar surface area (TPSA) is 43.8 Å². The summed E-state index contributed by atoms with van der Waals surface area (Å²) >= 11 is 0. The van der Waals surface area contributed by atoms with Crippen molar-refractivity contribution in [2.24, 2.45) is 0 Å². The molecule has 0 aliphatic carbocycles. The molecule has 106 valence electrons. The Kier molecular flexibility index (Phi) is 5.99. The molecule has 0 aliphatic heterocycles. The summed E-state index contributed by atoms with van der Waals surface area (Å²) in [6.07, 6.45) is 0.510. The maximum Gasteiger partial charge on any atom is 0.253 e. The van der Waals surface area contributed by atoms with Crippen molar-refractivity contribution in [2.45, 2.75) is 26.0 Å². The third-order valence-electron chi connectivity index (χ3n) is 2.99. The lowest BCUT2D eigenvalue weighted by Gasteiger charge is -2.18. The molecule has 1 amide bonds. The Bertz CT molecular complexity index is 399. The molecule has 0 heterocycles. The molecule has 0 fully saturated rings. The Morgan fingerprint density at radius 1 is 1.21 bits per heavy atom. The third-order valence-corrected chi connectivity index (χ3v) is 2.99. The van der Waals surface area contributed by atoms with E-state index < -0.39 is 0 Å². The van der Waals surface area contributed by atoms with Gasteiger partial charge in [-0.3, -0.25) is 4.79 Å². The summed E-state index contributed by atoms with van der Waals surface area (Å²) in [5, 5.41) is 9.25. The van der Waals surface area contributed by atoms with Gasteiger partial charge >= 0.3 is 0 Å². The van der Waals surface area contributed by atoms with Crippen LogP contribution in [0, 0.1) is 0 Å². The van der Waals surface area contributed by atoms with Crippen LogP contribution in [0.2, 0.25) is 0 Å². The fourth-order valence-electron chi connectivity index (χ4n) is 1.81. The number of hydrogen-bond donors (Lipinski definition) is 1. The Hall–Kier alpha value is -1.39. The Morgan fingerprint density at radius 3 is 2.26 bits per heavy atom. The largest absolute Gasteiger partial charge is 0.393 e. The van der Waals surface area contributed by atoms with Gasteiger partial charge in [-0.05, 0) is 38.1 Å². The highest BCUT2D eigenvalue weighted by atomic mass is 16.3. The average molecular weight is 264 g/mol. The zero-order chi connectivity index (χ0) is 14.4. The summed E-state index contributed by atoms with van der Waals surface area (Å²) in [4.78, 5) is 15.5. The van der Waals surface area contributed by atoms with Gasteiger partial charge in [0.25, 0.3) is 5.91 Å². The highest BCUT2D eigenvalue weighted by molar-refractivity contribution is 5.93. The zero-order valence-corrected chi connectivity index (χ0v) is 12.3. The second-order valence-electron chi connectivity index (χ2n) is 5.27. The van der Waals surface area contributed by atoms with E-state index in [2.05, 4.69) is 4.90 Å². The van der Waals surface area contributed by atoms with E-state index in [1.54, 1.807) is 25.9 Å². The molecule has 1 rings (SSSR count). The molecular formula is C15H24N2O2. The van der Waals surface area contributed by atoms with E-state index in [-0.39, 0.29) is 12.0 Å². The Balaban J connectivity index is 2.55. The van der Waals surface area contributed by atoms with E-state index >= 15 is 0 Å². The molecule has 1 aromatic rings. The molecule has 1 aromatic carbocycles. The van der Waals surface area contributed by atoms with Crippen LogP contribution in [0.3, 0.4) is 0 Å². The van der Waals surface area contributed by atoms with Crippen LogP contribution in [-0.2, 0) is 6.54 Å². The SMILES string of the molecule is CC(O)CCN(C)Cc1ccc(C(=O)N(C)C)cc1. The van der Waals surface area contributed by atoms with Gasteiger partial charge in [0.1, 0.15) is 0 Å². The van der Waals surface area contributed by atoms with E-state index in [1.165, 1.54) is 5.56 Å². The normalized spacial score (nSPS) is 12.5. The van der Waals surface area contributed by atoms with Crippen LogP contribution in [0.15, 0.2) is 24.3 Å². The van der Waals surface area contributed by atoms with Gasteiger partial charge in [0.2, 0.25) is 0 Å². The van der Waals surface area contributed by atoms with Crippen LogP contribution in [0.5, 0.6) is 0 Å². The van der Waals surface area contributed by atoms with Crippen molar-refractivity contribution in [3.63, 3.8) is 0 Å². The first kappa shape index (κ1) is 15.7. The Morgan fingerprint density at radius 2 is 1.79 bits per heavy atom. The van der Waals surface area contributed by atoms with Crippen molar-refractivity contribution in [1.82, 2.24) is 9.80 Å². The highest BCUT2D eigenvalue weighted by Crippen LogP contribution is 2.09. The van der Waals surface area contributed by atoms with Crippen molar-refractivity contribution in [3.8, 4) is 0 Å². The molecule has 0 saturated heterocycles. The minimum Gasteiger partial charge on any atom is -0.393 e. The number of nitrogens with zero attached hydrogens (tertiary/aromatic N) is 2. The molecule has 0 saturated carbocycles. The van der Waals surface area contributed by atoms with Crippen LogP contribution in [0.1, 0.15) is 29.3 Å². The van der Waals surface area contributed by atoms with Crippen molar-refractivity contribution in [2.75, 3.05) is 27.7 Å². The van der Waals surface area contributed by atoms with Gasteiger partial charge in [-0.1, -0.05) is 12.1 Å². The summed E-state index contributed by atoms with van der Waals surface area (Å²) in [5.41, 5.74) is 1.88. The van der Waals surface area contributed by atoms with Gasteiger partial charge in [0, 0.05) is 32.7 Å². The maximum absolute atomic E-state index is 11.7. The van der Waals surface area contributed by atoms with Crippen LogP contribution in [0.4, 0.5) is 0 Å². The smallest absolute Gasteiger partial charge is 0.253 e. The number of amides is 1. The third kappa shape index (κ3) is 5.41. The number of carbonyl (C=O) groups excluding carboxylic acids is 1. The number of aliphatic hydroxyl groups excluding tert-OH is 1. The molecule has 19 heavy (non-hydrogen) atoms. The molecule has 0 bridgehead atoms. The van der Waals surface area contributed by atoms with Crippen molar-refractivity contribution in [3.05, 3.63) is 35.4 Å². The van der Waals surface area contributed by atoms with E-state index in [9.17, 15) is 9.90 Å². The molecule has 1 unspecified atom stereocenters. The number of carbonyl (C=O) groups is 1. The number of rotatable bonds is 6. The monoisotopic (exact) mass is 264 g/mol. The lowest BCUT2D eigenvalue weighted by Crippen LogP contribution is -2.23. The van der Waals surface area contributed by atoms with E-state index in [0.717, 1.165) is 19.5 Å². The molecule has 0 aromatic heterocycles. The van der Waals surface area contributed by atoms with Crippen LogP contribution in [-0.4, -0.2) is 54.6 Å². The lowest BCUT2D eigenvalue weighted by molar-refractivity contribution is 0.0827. The lowest BCUT2D eigenvalue weighted by atomic mass is 10.1. The van der Waals surface area contributed by atoms with Gasteiger partial charge in [0.15, 0.2) is 0 Å². The minimum absolute atomic E-state index is 0.0222. The average Bonchev–Trinajstić information content (AvgIpc) is 2.36. The maximum atomic E-state index is 11.7. The van der Waals surface area contributed by atoms with Crippen molar-refractivity contribution in [1.29, 1.82) is 0 Å². The molecule has 4 nitrogen and oxygen atoms in total. The van der Waals surface area contributed by atoms with Crippen LogP contribution < -0.4 is 0 Å². The predicted molar refractivity (Wildman–Crippen MR) is 77.1 cm³/mol. The summed E-state index contributed by atoms with van der Waals surface area (Å²) in [7, 11) is 5.53. The highest BCUT2D eigenvalue weighted by Gasteiger charge is 2.08. The van der Waals surface area contributed by atoms with Gasteiger partial charge in [-0.25, -0.2) is 0 Å². The molecule has 4 heteroatoms. The summed E-state index contributed by atoms with van der Waals surface area (Å²) < 4.78 is 0. The second-order valence-corrected chi connectivity index (χ2v) is 5.27. The summed E-state index contributed by atoms with van der Waals surface area (Å²) in [5.74, 6) is 0.0222. The molecule has 0 aliphatic rings. The Labute approximate surface area is 115 Å². The first-order valence-electron chi connectivity index (χ1n) is 6.57. The van der Waals surface area contributed by atoms with E-state index in [4.69, 9.17) is 0 Å².